The highest BCUT2D eigenvalue weighted by Gasteiger charge is 2.21. The summed E-state index contributed by atoms with van der Waals surface area (Å²) in [7, 11) is 5.66. The zero-order chi connectivity index (χ0) is 13.8. The van der Waals surface area contributed by atoms with E-state index in [4.69, 9.17) is 4.74 Å². The summed E-state index contributed by atoms with van der Waals surface area (Å²) in [5.41, 5.74) is 3.26. The number of Topliss-reactive ketones (excluding diaryl/α,β-unsaturated/α-hetero) is 1. The fourth-order valence-electron chi connectivity index (χ4n) is 2.52. The third-order valence-corrected chi connectivity index (χ3v) is 3.42. The number of carbonyl (C=O) groups excluding carboxylic acids is 1. The topological polar surface area (TPSA) is 29.5 Å². The van der Waals surface area contributed by atoms with E-state index in [-0.39, 0.29) is 5.78 Å². The minimum absolute atomic E-state index is 0.290. The molecular formula is C16H21NO2. The molecule has 1 aliphatic rings. The molecule has 0 unspecified atom stereocenters. The SMILES string of the molecule is COc1cccc(C2=C(CN(C)C)C(=O)CCC2)c1. The summed E-state index contributed by atoms with van der Waals surface area (Å²) >= 11 is 0. The third-order valence-electron chi connectivity index (χ3n) is 3.42. The molecule has 0 aromatic heterocycles. The first-order valence-corrected chi connectivity index (χ1v) is 6.66. The molecule has 1 aliphatic carbocycles. The fraction of sp³-hybridized carbons (Fsp3) is 0.438. The number of benzene rings is 1. The van der Waals surface area contributed by atoms with Crippen molar-refractivity contribution in [3.8, 4) is 5.75 Å². The van der Waals surface area contributed by atoms with Crippen molar-refractivity contribution in [1.29, 1.82) is 0 Å². The highest BCUT2D eigenvalue weighted by Crippen LogP contribution is 2.32. The van der Waals surface area contributed by atoms with Gasteiger partial charge in [0.15, 0.2) is 5.78 Å². The molecule has 102 valence electrons. The van der Waals surface area contributed by atoms with E-state index in [1.54, 1.807) is 7.11 Å². The van der Waals surface area contributed by atoms with Gasteiger partial charge in [-0.15, -0.1) is 0 Å². The molecule has 3 heteroatoms. The van der Waals surface area contributed by atoms with Gasteiger partial charge in [-0.2, -0.15) is 0 Å². The van der Waals surface area contributed by atoms with Gasteiger partial charge < -0.3 is 9.64 Å². The van der Waals surface area contributed by atoms with Gasteiger partial charge in [0.25, 0.3) is 0 Å². The van der Waals surface area contributed by atoms with Crippen molar-refractivity contribution >= 4 is 11.4 Å². The molecule has 0 radical (unpaired) electrons. The molecule has 0 bridgehead atoms. The Labute approximate surface area is 114 Å². The standard InChI is InChI=1S/C16H21NO2/c1-17(2)11-15-14(8-5-9-16(15)18)12-6-4-7-13(10-12)19-3/h4,6-7,10H,5,8-9,11H2,1-3H3. The van der Waals surface area contributed by atoms with E-state index in [0.717, 1.165) is 29.7 Å². The number of hydrogen-bond acceptors (Lipinski definition) is 3. The molecule has 2 rings (SSSR count). The zero-order valence-electron chi connectivity index (χ0n) is 11.9. The van der Waals surface area contributed by atoms with Crippen molar-refractivity contribution in [2.75, 3.05) is 27.7 Å². The summed E-state index contributed by atoms with van der Waals surface area (Å²) in [5, 5.41) is 0. The number of methoxy groups -OCH3 is 1. The Morgan fingerprint density at radius 1 is 1.26 bits per heavy atom. The van der Waals surface area contributed by atoms with Gasteiger partial charge in [-0.1, -0.05) is 12.1 Å². The smallest absolute Gasteiger partial charge is 0.160 e. The van der Waals surface area contributed by atoms with Crippen molar-refractivity contribution in [2.24, 2.45) is 0 Å². The van der Waals surface area contributed by atoms with Gasteiger partial charge in [0.2, 0.25) is 0 Å². The number of nitrogens with zero attached hydrogens (tertiary/aromatic N) is 1. The molecule has 0 saturated heterocycles. The van der Waals surface area contributed by atoms with Crippen LogP contribution >= 0.6 is 0 Å². The number of hydrogen-bond donors (Lipinski definition) is 0. The number of ketones is 1. The number of ether oxygens (including phenoxy) is 1. The predicted octanol–water partition coefficient (Wildman–Crippen LogP) is 2.76. The maximum atomic E-state index is 12.2. The Morgan fingerprint density at radius 3 is 2.74 bits per heavy atom. The van der Waals surface area contributed by atoms with Crippen LogP contribution in [0.15, 0.2) is 29.8 Å². The number of allylic oxidation sites excluding steroid dienone is 1. The number of likely N-dealkylation sites (N-methyl/N-ethyl adjacent to an activating group) is 1. The van der Waals surface area contributed by atoms with Gasteiger partial charge in [-0.3, -0.25) is 4.79 Å². The molecule has 0 aliphatic heterocycles. The molecule has 1 aromatic carbocycles. The molecule has 0 N–H and O–H groups in total. The van der Waals surface area contributed by atoms with E-state index in [1.165, 1.54) is 5.57 Å². The fourth-order valence-corrected chi connectivity index (χ4v) is 2.52. The summed E-state index contributed by atoms with van der Waals surface area (Å²) in [4.78, 5) is 14.2. The lowest BCUT2D eigenvalue weighted by Crippen LogP contribution is -2.23. The maximum Gasteiger partial charge on any atom is 0.160 e. The second-order valence-corrected chi connectivity index (χ2v) is 5.20. The Bertz CT molecular complexity index is 503. The van der Waals surface area contributed by atoms with Crippen molar-refractivity contribution in [2.45, 2.75) is 19.3 Å². The molecule has 0 spiro atoms. The predicted molar refractivity (Wildman–Crippen MR) is 77.3 cm³/mol. The van der Waals surface area contributed by atoms with Crippen LogP contribution in [0.2, 0.25) is 0 Å². The molecule has 0 fully saturated rings. The lowest BCUT2D eigenvalue weighted by atomic mass is 9.86. The average molecular weight is 259 g/mol. The minimum atomic E-state index is 0.290. The number of carbonyl (C=O) groups is 1. The van der Waals surface area contributed by atoms with E-state index in [9.17, 15) is 4.79 Å². The summed E-state index contributed by atoms with van der Waals surface area (Å²) < 4.78 is 5.27. The van der Waals surface area contributed by atoms with E-state index in [0.29, 0.717) is 13.0 Å². The van der Waals surface area contributed by atoms with Crippen LogP contribution in [-0.4, -0.2) is 38.4 Å². The molecule has 0 saturated carbocycles. The minimum Gasteiger partial charge on any atom is -0.497 e. The van der Waals surface area contributed by atoms with Crippen LogP contribution in [0.5, 0.6) is 5.75 Å². The van der Waals surface area contributed by atoms with Crippen LogP contribution in [0, 0.1) is 0 Å². The number of rotatable bonds is 4. The molecule has 1 aromatic rings. The quantitative estimate of drug-likeness (QED) is 0.832. The Morgan fingerprint density at radius 2 is 2.05 bits per heavy atom. The molecule has 0 heterocycles. The lowest BCUT2D eigenvalue weighted by Gasteiger charge is -2.22. The Balaban J connectivity index is 2.44. The van der Waals surface area contributed by atoms with Crippen molar-refractivity contribution < 1.29 is 9.53 Å². The van der Waals surface area contributed by atoms with Crippen molar-refractivity contribution in [3.63, 3.8) is 0 Å². The van der Waals surface area contributed by atoms with Crippen molar-refractivity contribution in [1.82, 2.24) is 4.90 Å². The van der Waals surface area contributed by atoms with Gasteiger partial charge in [-0.25, -0.2) is 0 Å². The van der Waals surface area contributed by atoms with Crippen LogP contribution in [0.4, 0.5) is 0 Å². The second-order valence-electron chi connectivity index (χ2n) is 5.20. The second kappa shape index (κ2) is 6.02. The maximum absolute atomic E-state index is 12.2. The van der Waals surface area contributed by atoms with Gasteiger partial charge in [0.1, 0.15) is 5.75 Å². The van der Waals surface area contributed by atoms with Gasteiger partial charge in [0, 0.05) is 18.5 Å². The summed E-state index contributed by atoms with van der Waals surface area (Å²) in [6.07, 6.45) is 2.60. The summed E-state index contributed by atoms with van der Waals surface area (Å²) in [6, 6.07) is 7.99. The van der Waals surface area contributed by atoms with E-state index in [2.05, 4.69) is 11.0 Å². The largest absolute Gasteiger partial charge is 0.497 e. The first kappa shape index (κ1) is 13.8. The Hall–Kier alpha value is -1.61. The Kier molecular flexibility index (Phi) is 4.38. The highest BCUT2D eigenvalue weighted by molar-refractivity contribution is 6.04. The van der Waals surface area contributed by atoms with E-state index in [1.807, 2.05) is 32.3 Å². The molecule has 0 atom stereocenters. The first-order valence-electron chi connectivity index (χ1n) is 6.66. The molecule has 19 heavy (non-hydrogen) atoms. The molecule has 3 nitrogen and oxygen atoms in total. The van der Waals surface area contributed by atoms with Gasteiger partial charge in [0.05, 0.1) is 7.11 Å². The summed E-state index contributed by atoms with van der Waals surface area (Å²) in [6.45, 7) is 0.714. The third kappa shape index (κ3) is 3.24. The van der Waals surface area contributed by atoms with E-state index >= 15 is 0 Å². The van der Waals surface area contributed by atoms with Crippen LogP contribution in [0.25, 0.3) is 5.57 Å². The van der Waals surface area contributed by atoms with Crippen molar-refractivity contribution in [3.05, 3.63) is 35.4 Å². The zero-order valence-corrected chi connectivity index (χ0v) is 11.9. The van der Waals surface area contributed by atoms with Crippen LogP contribution < -0.4 is 4.74 Å². The van der Waals surface area contributed by atoms with E-state index < -0.39 is 0 Å². The lowest BCUT2D eigenvalue weighted by molar-refractivity contribution is -0.116. The van der Waals surface area contributed by atoms with Crippen LogP contribution in [-0.2, 0) is 4.79 Å². The summed E-state index contributed by atoms with van der Waals surface area (Å²) in [5.74, 6) is 1.13. The van der Waals surface area contributed by atoms with Crippen LogP contribution in [0.1, 0.15) is 24.8 Å². The average Bonchev–Trinajstić information content (AvgIpc) is 2.40. The highest BCUT2D eigenvalue weighted by atomic mass is 16.5. The normalized spacial score (nSPS) is 16.1. The molecule has 0 amide bonds. The van der Waals surface area contributed by atoms with Crippen LogP contribution in [0.3, 0.4) is 0 Å². The monoisotopic (exact) mass is 259 g/mol. The molecular weight excluding hydrogens is 238 g/mol. The van der Waals surface area contributed by atoms with Gasteiger partial charge in [-0.05, 0) is 50.2 Å². The van der Waals surface area contributed by atoms with Gasteiger partial charge >= 0.3 is 0 Å². The first-order chi connectivity index (χ1) is 9.11.